The molecule has 1 atom stereocenters. The standard InChI is InChI=1S/C20H22ClF3N4O3/c1-10(2)17(29)28-16-6-13(5-11(3)27-16)18(30)25-8-12(4)31-19-15(21)7-14(9-26-19)20(22,23)24/h5-7,9-10,12H,8H2,1-4H3,(H,25,30)(H,27,28,29)/t12-/m1/s1. The number of aromatic nitrogens is 2. The molecule has 2 heterocycles. The van der Waals surface area contributed by atoms with Crippen molar-refractivity contribution in [1.29, 1.82) is 0 Å². The normalized spacial score (nSPS) is 12.4. The van der Waals surface area contributed by atoms with E-state index in [0.29, 0.717) is 11.9 Å². The van der Waals surface area contributed by atoms with E-state index in [0.717, 1.165) is 6.07 Å². The molecule has 0 unspecified atom stereocenters. The summed E-state index contributed by atoms with van der Waals surface area (Å²) >= 11 is 5.82. The molecule has 11 heteroatoms. The minimum Gasteiger partial charge on any atom is -0.472 e. The van der Waals surface area contributed by atoms with Gasteiger partial charge in [0.1, 0.15) is 16.9 Å². The predicted octanol–water partition coefficient (Wildman–Crippen LogP) is 4.25. The minimum absolute atomic E-state index is 0.0346. The van der Waals surface area contributed by atoms with Crippen molar-refractivity contribution in [2.45, 2.75) is 40.0 Å². The number of carbonyl (C=O) groups is 2. The van der Waals surface area contributed by atoms with Gasteiger partial charge in [-0.1, -0.05) is 25.4 Å². The number of nitrogens with one attached hydrogen (secondary N) is 2. The number of halogens is 4. The van der Waals surface area contributed by atoms with Crippen LogP contribution in [-0.4, -0.2) is 34.4 Å². The van der Waals surface area contributed by atoms with Crippen LogP contribution in [0.3, 0.4) is 0 Å². The van der Waals surface area contributed by atoms with Crippen LogP contribution in [-0.2, 0) is 11.0 Å². The predicted molar refractivity (Wildman–Crippen MR) is 109 cm³/mol. The second-order valence-electron chi connectivity index (χ2n) is 7.17. The molecule has 7 nitrogen and oxygen atoms in total. The van der Waals surface area contributed by atoms with E-state index in [1.54, 1.807) is 33.8 Å². The highest BCUT2D eigenvalue weighted by atomic mass is 35.5. The summed E-state index contributed by atoms with van der Waals surface area (Å²) in [5, 5.41) is 5.00. The Morgan fingerprint density at radius 3 is 2.45 bits per heavy atom. The van der Waals surface area contributed by atoms with Crippen LogP contribution < -0.4 is 15.4 Å². The van der Waals surface area contributed by atoms with Gasteiger partial charge in [0.05, 0.1) is 12.1 Å². The number of ether oxygens (including phenoxy) is 1. The Labute approximate surface area is 182 Å². The summed E-state index contributed by atoms with van der Waals surface area (Å²) in [4.78, 5) is 32.1. The van der Waals surface area contributed by atoms with Crippen LogP contribution in [0.2, 0.25) is 5.02 Å². The molecular weight excluding hydrogens is 437 g/mol. The number of aryl methyl sites for hydroxylation is 1. The van der Waals surface area contributed by atoms with Crippen molar-refractivity contribution in [3.63, 3.8) is 0 Å². The van der Waals surface area contributed by atoms with Crippen molar-refractivity contribution in [2.75, 3.05) is 11.9 Å². The average molecular weight is 459 g/mol. The molecule has 0 aliphatic heterocycles. The summed E-state index contributed by atoms with van der Waals surface area (Å²) in [6, 6.07) is 3.73. The van der Waals surface area contributed by atoms with Gasteiger partial charge in [-0.3, -0.25) is 9.59 Å². The Bertz CT molecular complexity index is 967. The lowest BCUT2D eigenvalue weighted by atomic mass is 10.2. The van der Waals surface area contributed by atoms with Gasteiger partial charge in [-0.25, -0.2) is 9.97 Å². The Morgan fingerprint density at radius 2 is 1.87 bits per heavy atom. The number of rotatable bonds is 7. The van der Waals surface area contributed by atoms with Gasteiger partial charge in [0, 0.05) is 23.4 Å². The maximum atomic E-state index is 12.7. The van der Waals surface area contributed by atoms with E-state index in [2.05, 4.69) is 20.6 Å². The van der Waals surface area contributed by atoms with Gasteiger partial charge in [-0.15, -0.1) is 0 Å². The van der Waals surface area contributed by atoms with Gasteiger partial charge >= 0.3 is 6.18 Å². The quantitative estimate of drug-likeness (QED) is 0.647. The maximum Gasteiger partial charge on any atom is 0.417 e. The number of alkyl halides is 3. The fourth-order valence-corrected chi connectivity index (χ4v) is 2.58. The highest BCUT2D eigenvalue weighted by Crippen LogP contribution is 2.33. The largest absolute Gasteiger partial charge is 0.472 e. The van der Waals surface area contributed by atoms with E-state index in [1.165, 1.54) is 6.07 Å². The summed E-state index contributed by atoms with van der Waals surface area (Å²) in [5.41, 5.74) is -0.166. The number of pyridine rings is 2. The van der Waals surface area contributed by atoms with E-state index >= 15 is 0 Å². The molecule has 0 aromatic carbocycles. The topological polar surface area (TPSA) is 93.2 Å². The van der Waals surface area contributed by atoms with Gasteiger partial charge in [0.25, 0.3) is 5.91 Å². The SMILES string of the molecule is Cc1cc(C(=O)NC[C@@H](C)Oc2ncc(C(F)(F)F)cc2Cl)cc(NC(=O)C(C)C)n1. The van der Waals surface area contributed by atoms with Crippen molar-refractivity contribution >= 4 is 29.2 Å². The van der Waals surface area contributed by atoms with Crippen LogP contribution in [0.4, 0.5) is 19.0 Å². The molecule has 0 aliphatic rings. The molecule has 0 saturated heterocycles. The lowest BCUT2D eigenvalue weighted by Gasteiger charge is -2.16. The van der Waals surface area contributed by atoms with Gasteiger partial charge in [0.15, 0.2) is 0 Å². The van der Waals surface area contributed by atoms with Crippen molar-refractivity contribution < 1.29 is 27.5 Å². The zero-order valence-electron chi connectivity index (χ0n) is 17.3. The van der Waals surface area contributed by atoms with Gasteiger partial charge in [0.2, 0.25) is 11.8 Å². The first-order chi connectivity index (χ1) is 14.4. The Hall–Kier alpha value is -2.88. The minimum atomic E-state index is -4.56. The molecule has 0 spiro atoms. The molecule has 2 aromatic heterocycles. The lowest BCUT2D eigenvalue weighted by Crippen LogP contribution is -2.34. The van der Waals surface area contributed by atoms with Crippen molar-refractivity contribution in [3.8, 4) is 5.88 Å². The Kier molecular flexibility index (Phi) is 7.83. The van der Waals surface area contributed by atoms with Crippen LogP contribution in [0.15, 0.2) is 24.4 Å². The van der Waals surface area contributed by atoms with Gasteiger partial charge in [-0.2, -0.15) is 13.2 Å². The zero-order chi connectivity index (χ0) is 23.3. The fourth-order valence-electron chi connectivity index (χ4n) is 2.37. The molecular formula is C20H22ClF3N4O3. The third-order valence-corrected chi connectivity index (χ3v) is 4.26. The molecule has 0 saturated carbocycles. The molecule has 2 amide bonds. The van der Waals surface area contributed by atoms with Crippen molar-refractivity contribution in [3.05, 3.63) is 46.2 Å². The number of hydrogen-bond acceptors (Lipinski definition) is 5. The number of amides is 2. The monoisotopic (exact) mass is 458 g/mol. The highest BCUT2D eigenvalue weighted by molar-refractivity contribution is 6.31. The lowest BCUT2D eigenvalue weighted by molar-refractivity contribution is -0.137. The van der Waals surface area contributed by atoms with Crippen LogP contribution in [0.5, 0.6) is 5.88 Å². The molecule has 2 N–H and O–H groups in total. The third kappa shape index (κ3) is 7.09. The van der Waals surface area contributed by atoms with Gasteiger partial charge < -0.3 is 15.4 Å². The van der Waals surface area contributed by atoms with E-state index in [1.807, 2.05) is 0 Å². The molecule has 0 radical (unpaired) electrons. The van der Waals surface area contributed by atoms with E-state index in [4.69, 9.17) is 16.3 Å². The molecule has 31 heavy (non-hydrogen) atoms. The smallest absolute Gasteiger partial charge is 0.417 e. The maximum absolute atomic E-state index is 12.7. The average Bonchev–Trinajstić information content (AvgIpc) is 2.66. The summed E-state index contributed by atoms with van der Waals surface area (Å²) in [6.07, 6.45) is -4.57. The molecule has 2 aromatic rings. The zero-order valence-corrected chi connectivity index (χ0v) is 18.1. The van der Waals surface area contributed by atoms with Crippen molar-refractivity contribution in [1.82, 2.24) is 15.3 Å². The first kappa shape index (κ1) is 24.4. The highest BCUT2D eigenvalue weighted by Gasteiger charge is 2.32. The summed E-state index contributed by atoms with van der Waals surface area (Å²) in [6.45, 7) is 6.79. The third-order valence-electron chi connectivity index (χ3n) is 3.99. The fraction of sp³-hybridized carbons (Fsp3) is 0.400. The van der Waals surface area contributed by atoms with Gasteiger partial charge in [-0.05, 0) is 32.0 Å². The Morgan fingerprint density at radius 1 is 1.19 bits per heavy atom. The van der Waals surface area contributed by atoms with Crippen LogP contribution >= 0.6 is 11.6 Å². The second kappa shape index (κ2) is 9.95. The molecule has 2 rings (SSSR count). The second-order valence-corrected chi connectivity index (χ2v) is 7.58. The Balaban J connectivity index is 1.99. The van der Waals surface area contributed by atoms with Crippen LogP contribution in [0.25, 0.3) is 0 Å². The van der Waals surface area contributed by atoms with Crippen LogP contribution in [0, 0.1) is 12.8 Å². The molecule has 168 valence electrons. The number of nitrogens with zero attached hydrogens (tertiary/aromatic N) is 2. The number of anilines is 1. The summed E-state index contributed by atoms with van der Waals surface area (Å²) in [5.74, 6) is -0.827. The summed E-state index contributed by atoms with van der Waals surface area (Å²) < 4.78 is 43.5. The van der Waals surface area contributed by atoms with Crippen LogP contribution in [0.1, 0.15) is 42.4 Å². The summed E-state index contributed by atoms with van der Waals surface area (Å²) in [7, 11) is 0. The van der Waals surface area contributed by atoms with E-state index < -0.39 is 23.8 Å². The molecule has 0 bridgehead atoms. The van der Waals surface area contributed by atoms with E-state index in [-0.39, 0.29) is 40.7 Å². The van der Waals surface area contributed by atoms with Crippen molar-refractivity contribution in [2.24, 2.45) is 5.92 Å². The first-order valence-corrected chi connectivity index (χ1v) is 9.71. The first-order valence-electron chi connectivity index (χ1n) is 9.34. The molecule has 0 fully saturated rings. The number of hydrogen-bond donors (Lipinski definition) is 2. The molecule has 0 aliphatic carbocycles. The van der Waals surface area contributed by atoms with E-state index in [9.17, 15) is 22.8 Å². The number of carbonyl (C=O) groups excluding carboxylic acids is 2.